The van der Waals surface area contributed by atoms with E-state index in [-0.39, 0.29) is 0 Å². The quantitative estimate of drug-likeness (QED) is 0.842. The van der Waals surface area contributed by atoms with Crippen molar-refractivity contribution in [2.24, 2.45) is 0 Å². The second-order valence-corrected chi connectivity index (χ2v) is 4.89. The summed E-state index contributed by atoms with van der Waals surface area (Å²) < 4.78 is 2.99. The fourth-order valence-corrected chi connectivity index (χ4v) is 1.82. The minimum atomic E-state index is -0.452. The average Bonchev–Trinajstić information content (AvgIpc) is 2.62. The molecule has 1 aromatic heterocycles. The highest BCUT2D eigenvalue weighted by Gasteiger charge is 2.21. The Labute approximate surface area is 104 Å². The van der Waals surface area contributed by atoms with Crippen LogP contribution in [-0.4, -0.2) is 21.9 Å². The standard InChI is InChI=1S/C10H15IN4/c1-3-13-10(2,8-12)4-5-15-7-9(11)6-14-15/h6-7,13H,3-5H2,1-2H3. The van der Waals surface area contributed by atoms with E-state index in [9.17, 15) is 0 Å². The topological polar surface area (TPSA) is 53.6 Å². The Hall–Kier alpha value is -0.610. The van der Waals surface area contributed by atoms with E-state index in [1.165, 1.54) is 0 Å². The molecule has 82 valence electrons. The Bertz CT molecular complexity index is 355. The van der Waals surface area contributed by atoms with E-state index >= 15 is 0 Å². The third kappa shape index (κ3) is 3.80. The molecule has 4 nitrogen and oxygen atoms in total. The normalized spacial score (nSPS) is 14.5. The maximum absolute atomic E-state index is 9.06. The van der Waals surface area contributed by atoms with Crippen LogP contribution in [0.2, 0.25) is 0 Å². The minimum Gasteiger partial charge on any atom is -0.300 e. The number of hydrogen-bond acceptors (Lipinski definition) is 3. The van der Waals surface area contributed by atoms with Crippen LogP contribution in [0.4, 0.5) is 0 Å². The van der Waals surface area contributed by atoms with Crippen LogP contribution < -0.4 is 5.32 Å². The predicted octanol–water partition coefficient (Wildman–Crippen LogP) is 1.77. The van der Waals surface area contributed by atoms with Crippen molar-refractivity contribution >= 4 is 22.6 Å². The van der Waals surface area contributed by atoms with Gasteiger partial charge in [0.15, 0.2) is 0 Å². The van der Waals surface area contributed by atoms with Crippen molar-refractivity contribution in [3.63, 3.8) is 0 Å². The molecule has 15 heavy (non-hydrogen) atoms. The van der Waals surface area contributed by atoms with Gasteiger partial charge in [0.1, 0.15) is 5.54 Å². The Kier molecular flexibility index (Phi) is 4.54. The molecular weight excluding hydrogens is 303 g/mol. The molecule has 0 aliphatic rings. The zero-order valence-corrected chi connectivity index (χ0v) is 11.2. The van der Waals surface area contributed by atoms with Crippen molar-refractivity contribution < 1.29 is 0 Å². The SMILES string of the molecule is CCNC(C)(C#N)CCn1cc(I)cn1. The molecule has 1 unspecified atom stereocenters. The van der Waals surface area contributed by atoms with Crippen LogP contribution in [0, 0.1) is 14.9 Å². The molecule has 1 N–H and O–H groups in total. The van der Waals surface area contributed by atoms with Gasteiger partial charge in [-0.25, -0.2) is 0 Å². The second-order valence-electron chi connectivity index (χ2n) is 3.65. The molecule has 0 saturated heterocycles. The third-order valence-corrected chi connectivity index (χ3v) is 2.81. The molecule has 0 bridgehead atoms. The summed E-state index contributed by atoms with van der Waals surface area (Å²) in [6.45, 7) is 5.50. The van der Waals surface area contributed by atoms with Crippen LogP contribution in [0.1, 0.15) is 20.3 Å². The van der Waals surface area contributed by atoms with Gasteiger partial charge in [-0.1, -0.05) is 6.92 Å². The number of aromatic nitrogens is 2. The third-order valence-electron chi connectivity index (χ3n) is 2.26. The van der Waals surface area contributed by atoms with E-state index in [4.69, 9.17) is 5.26 Å². The summed E-state index contributed by atoms with van der Waals surface area (Å²) in [6, 6.07) is 2.30. The molecule has 1 heterocycles. The van der Waals surface area contributed by atoms with E-state index in [0.29, 0.717) is 0 Å². The molecule has 0 radical (unpaired) electrons. The van der Waals surface area contributed by atoms with Crippen LogP contribution in [0.3, 0.4) is 0 Å². The Balaban J connectivity index is 2.51. The van der Waals surface area contributed by atoms with E-state index in [2.05, 4.69) is 39.1 Å². The van der Waals surface area contributed by atoms with Gasteiger partial charge in [-0.15, -0.1) is 0 Å². The maximum Gasteiger partial charge on any atom is 0.105 e. The fraction of sp³-hybridized carbons (Fsp3) is 0.600. The smallest absolute Gasteiger partial charge is 0.105 e. The Morgan fingerprint density at radius 3 is 2.93 bits per heavy atom. The average molecular weight is 318 g/mol. The summed E-state index contributed by atoms with van der Waals surface area (Å²) in [5, 5.41) is 16.4. The Morgan fingerprint density at radius 1 is 1.73 bits per heavy atom. The monoisotopic (exact) mass is 318 g/mol. The summed E-state index contributed by atoms with van der Waals surface area (Å²) in [4.78, 5) is 0. The molecule has 0 fully saturated rings. The molecule has 1 rings (SSSR count). The van der Waals surface area contributed by atoms with Gasteiger partial charge in [-0.3, -0.25) is 10.00 Å². The van der Waals surface area contributed by atoms with Crippen molar-refractivity contribution in [3.8, 4) is 6.07 Å². The largest absolute Gasteiger partial charge is 0.300 e. The van der Waals surface area contributed by atoms with E-state index < -0.39 is 5.54 Å². The number of aryl methyl sites for hydroxylation is 1. The van der Waals surface area contributed by atoms with Crippen molar-refractivity contribution in [3.05, 3.63) is 16.0 Å². The summed E-state index contributed by atoms with van der Waals surface area (Å²) in [5.74, 6) is 0. The predicted molar refractivity (Wildman–Crippen MR) is 67.3 cm³/mol. The molecule has 0 spiro atoms. The lowest BCUT2D eigenvalue weighted by molar-refractivity contribution is 0.390. The first-order chi connectivity index (χ1) is 7.09. The van der Waals surface area contributed by atoms with E-state index in [0.717, 1.165) is 23.1 Å². The maximum atomic E-state index is 9.06. The molecule has 0 aliphatic heterocycles. The van der Waals surface area contributed by atoms with Gasteiger partial charge < -0.3 is 0 Å². The summed E-state index contributed by atoms with van der Waals surface area (Å²) in [6.07, 6.45) is 4.55. The van der Waals surface area contributed by atoms with Gasteiger partial charge >= 0.3 is 0 Å². The summed E-state index contributed by atoms with van der Waals surface area (Å²) >= 11 is 2.22. The van der Waals surface area contributed by atoms with Gasteiger partial charge in [0.25, 0.3) is 0 Å². The van der Waals surface area contributed by atoms with Crippen LogP contribution in [0.15, 0.2) is 12.4 Å². The van der Waals surface area contributed by atoms with Crippen LogP contribution in [0.5, 0.6) is 0 Å². The molecule has 0 saturated carbocycles. The highest BCUT2D eigenvalue weighted by molar-refractivity contribution is 14.1. The van der Waals surface area contributed by atoms with Crippen molar-refractivity contribution in [2.45, 2.75) is 32.4 Å². The minimum absolute atomic E-state index is 0.452. The molecular formula is C10H15IN4. The fourth-order valence-electron chi connectivity index (χ4n) is 1.37. The number of nitrogens with one attached hydrogen (secondary N) is 1. The molecule has 0 aromatic carbocycles. The molecule has 0 aliphatic carbocycles. The number of nitriles is 1. The first-order valence-electron chi connectivity index (χ1n) is 4.94. The molecule has 1 aromatic rings. The highest BCUT2D eigenvalue weighted by Crippen LogP contribution is 2.10. The highest BCUT2D eigenvalue weighted by atomic mass is 127. The van der Waals surface area contributed by atoms with Crippen LogP contribution >= 0.6 is 22.6 Å². The number of halogens is 1. The van der Waals surface area contributed by atoms with Crippen molar-refractivity contribution in [1.29, 1.82) is 5.26 Å². The lowest BCUT2D eigenvalue weighted by Crippen LogP contribution is -2.41. The summed E-state index contributed by atoms with van der Waals surface area (Å²) in [7, 11) is 0. The summed E-state index contributed by atoms with van der Waals surface area (Å²) in [5.41, 5.74) is -0.452. The van der Waals surface area contributed by atoms with Gasteiger partial charge in [-0.05, 0) is 42.5 Å². The lowest BCUT2D eigenvalue weighted by atomic mass is 10.00. The van der Waals surface area contributed by atoms with Crippen LogP contribution in [0.25, 0.3) is 0 Å². The molecule has 0 amide bonds. The zero-order chi connectivity index (χ0) is 11.3. The van der Waals surface area contributed by atoms with Gasteiger partial charge in [-0.2, -0.15) is 10.4 Å². The van der Waals surface area contributed by atoms with Crippen molar-refractivity contribution in [1.82, 2.24) is 15.1 Å². The van der Waals surface area contributed by atoms with Gasteiger partial charge in [0, 0.05) is 12.7 Å². The molecule has 5 heteroatoms. The van der Waals surface area contributed by atoms with Crippen LogP contribution in [-0.2, 0) is 6.54 Å². The van der Waals surface area contributed by atoms with Crippen molar-refractivity contribution in [2.75, 3.05) is 6.54 Å². The van der Waals surface area contributed by atoms with Gasteiger partial charge in [0.2, 0.25) is 0 Å². The van der Waals surface area contributed by atoms with E-state index in [1.807, 2.05) is 30.9 Å². The second kappa shape index (κ2) is 5.47. The first kappa shape index (κ1) is 12.5. The number of rotatable bonds is 5. The number of hydrogen-bond donors (Lipinski definition) is 1. The Morgan fingerprint density at radius 2 is 2.47 bits per heavy atom. The number of nitrogens with zero attached hydrogens (tertiary/aromatic N) is 3. The zero-order valence-electron chi connectivity index (χ0n) is 9.00. The molecule has 1 atom stereocenters. The lowest BCUT2D eigenvalue weighted by Gasteiger charge is -2.22. The first-order valence-corrected chi connectivity index (χ1v) is 6.02. The van der Waals surface area contributed by atoms with Gasteiger partial charge in [0.05, 0.1) is 15.8 Å². The van der Waals surface area contributed by atoms with E-state index in [1.54, 1.807) is 0 Å².